The highest BCUT2D eigenvalue weighted by atomic mass is 35.5. The van der Waals surface area contributed by atoms with E-state index in [9.17, 15) is 0 Å². The summed E-state index contributed by atoms with van der Waals surface area (Å²) in [6.45, 7) is 0. The van der Waals surface area contributed by atoms with Gasteiger partial charge in [-0.1, -0.05) is 23.8 Å². The van der Waals surface area contributed by atoms with Crippen molar-refractivity contribution < 1.29 is 0 Å². The van der Waals surface area contributed by atoms with Crippen molar-refractivity contribution in [2.75, 3.05) is 0 Å². The molecule has 1 aliphatic rings. The smallest absolute Gasteiger partial charge is 0.222 e. The molecule has 0 N–H and O–H groups in total. The van der Waals surface area contributed by atoms with Gasteiger partial charge < -0.3 is 0 Å². The van der Waals surface area contributed by atoms with E-state index in [4.69, 9.17) is 23.2 Å². The molecule has 1 aromatic heterocycles. The van der Waals surface area contributed by atoms with Crippen LogP contribution >= 0.6 is 23.2 Å². The van der Waals surface area contributed by atoms with Crippen molar-refractivity contribution in [3.63, 3.8) is 0 Å². The molecule has 1 heterocycles. The van der Waals surface area contributed by atoms with Crippen molar-refractivity contribution >= 4 is 29.3 Å². The average Bonchev–Trinajstić information content (AvgIpc) is 2.04. The zero-order valence-corrected chi connectivity index (χ0v) is 7.73. The molecular formula is C8H6Cl2N2. The van der Waals surface area contributed by atoms with E-state index in [1.165, 1.54) is 0 Å². The number of fused-ring (bicyclic) bond motifs is 1. The van der Waals surface area contributed by atoms with E-state index in [0.717, 1.165) is 24.1 Å². The van der Waals surface area contributed by atoms with Crippen molar-refractivity contribution in [2.45, 2.75) is 12.8 Å². The van der Waals surface area contributed by atoms with Gasteiger partial charge in [0.25, 0.3) is 0 Å². The lowest BCUT2D eigenvalue weighted by atomic mass is 10.1. The predicted octanol–water partition coefficient (Wildman–Crippen LogP) is 2.74. The molecule has 0 unspecified atom stereocenters. The van der Waals surface area contributed by atoms with Crippen molar-refractivity contribution in [3.05, 3.63) is 27.8 Å². The van der Waals surface area contributed by atoms with Gasteiger partial charge in [-0.05, 0) is 24.4 Å². The summed E-state index contributed by atoms with van der Waals surface area (Å²) in [6, 6.07) is 0. The number of hydrogen-bond donors (Lipinski definition) is 0. The Labute approximate surface area is 80.2 Å². The monoisotopic (exact) mass is 200 g/mol. The molecule has 0 bridgehead atoms. The zero-order chi connectivity index (χ0) is 8.55. The SMILES string of the molecule is Clc1nc(Cl)c2c(n1)CCC=C2. The Hall–Kier alpha value is -0.600. The molecule has 12 heavy (non-hydrogen) atoms. The minimum absolute atomic E-state index is 0.231. The average molecular weight is 201 g/mol. The Morgan fingerprint density at radius 1 is 1.25 bits per heavy atom. The first kappa shape index (κ1) is 8.02. The molecule has 0 spiro atoms. The van der Waals surface area contributed by atoms with Gasteiger partial charge in [-0.3, -0.25) is 0 Å². The highest BCUT2D eigenvalue weighted by Crippen LogP contribution is 2.24. The number of aryl methyl sites for hydroxylation is 1. The zero-order valence-electron chi connectivity index (χ0n) is 6.22. The topological polar surface area (TPSA) is 25.8 Å². The molecule has 0 aliphatic heterocycles. The number of hydrogen-bond acceptors (Lipinski definition) is 2. The van der Waals surface area contributed by atoms with Crippen LogP contribution in [-0.4, -0.2) is 9.97 Å². The third kappa shape index (κ3) is 1.32. The van der Waals surface area contributed by atoms with Crippen LogP contribution in [0.5, 0.6) is 0 Å². The fourth-order valence-electron chi connectivity index (χ4n) is 1.23. The van der Waals surface area contributed by atoms with E-state index in [2.05, 4.69) is 16.0 Å². The molecule has 4 heteroatoms. The Morgan fingerprint density at radius 2 is 2.08 bits per heavy atom. The third-order valence-electron chi connectivity index (χ3n) is 1.78. The Balaban J connectivity index is 2.62. The summed E-state index contributed by atoms with van der Waals surface area (Å²) in [5.41, 5.74) is 1.86. The van der Waals surface area contributed by atoms with Crippen LogP contribution in [0.15, 0.2) is 6.08 Å². The van der Waals surface area contributed by atoms with Crippen LogP contribution in [0.3, 0.4) is 0 Å². The lowest BCUT2D eigenvalue weighted by molar-refractivity contribution is 0.909. The van der Waals surface area contributed by atoms with Crippen LogP contribution in [-0.2, 0) is 6.42 Å². The Morgan fingerprint density at radius 3 is 2.92 bits per heavy atom. The minimum atomic E-state index is 0.231. The van der Waals surface area contributed by atoms with Crippen LogP contribution in [0.25, 0.3) is 6.08 Å². The Bertz CT molecular complexity index is 347. The normalized spacial score (nSPS) is 14.5. The molecule has 2 nitrogen and oxygen atoms in total. The molecule has 1 aromatic rings. The number of aromatic nitrogens is 2. The lowest BCUT2D eigenvalue weighted by Crippen LogP contribution is -2.01. The second kappa shape index (κ2) is 3.04. The van der Waals surface area contributed by atoms with E-state index in [-0.39, 0.29) is 5.28 Å². The first-order chi connectivity index (χ1) is 5.77. The van der Waals surface area contributed by atoms with Crippen LogP contribution in [0, 0.1) is 0 Å². The van der Waals surface area contributed by atoms with Crippen LogP contribution in [0.1, 0.15) is 17.7 Å². The van der Waals surface area contributed by atoms with Crippen molar-refractivity contribution in [1.29, 1.82) is 0 Å². The number of rotatable bonds is 0. The van der Waals surface area contributed by atoms with E-state index in [1.54, 1.807) is 0 Å². The summed E-state index contributed by atoms with van der Waals surface area (Å²) >= 11 is 11.5. The van der Waals surface area contributed by atoms with Crippen LogP contribution in [0.4, 0.5) is 0 Å². The molecule has 0 fully saturated rings. The summed E-state index contributed by atoms with van der Waals surface area (Å²) in [5.74, 6) is 0. The van der Waals surface area contributed by atoms with Crippen LogP contribution < -0.4 is 0 Å². The summed E-state index contributed by atoms with van der Waals surface area (Å²) in [5, 5.41) is 0.676. The van der Waals surface area contributed by atoms with Gasteiger partial charge in [-0.25, -0.2) is 9.97 Å². The fraction of sp³-hybridized carbons (Fsp3) is 0.250. The van der Waals surface area contributed by atoms with E-state index in [0.29, 0.717) is 5.15 Å². The van der Waals surface area contributed by atoms with E-state index < -0.39 is 0 Å². The van der Waals surface area contributed by atoms with Gasteiger partial charge in [0.15, 0.2) is 0 Å². The van der Waals surface area contributed by atoms with Gasteiger partial charge in [0.1, 0.15) is 5.15 Å². The van der Waals surface area contributed by atoms with E-state index in [1.807, 2.05) is 6.08 Å². The maximum atomic E-state index is 5.86. The molecule has 0 aromatic carbocycles. The molecule has 0 saturated carbocycles. The molecule has 0 saturated heterocycles. The number of nitrogens with zero attached hydrogens (tertiary/aromatic N) is 2. The second-order valence-electron chi connectivity index (χ2n) is 2.58. The first-order valence-electron chi connectivity index (χ1n) is 3.66. The highest BCUT2D eigenvalue weighted by molar-refractivity contribution is 6.32. The molecule has 2 rings (SSSR count). The van der Waals surface area contributed by atoms with E-state index >= 15 is 0 Å². The number of halogens is 2. The van der Waals surface area contributed by atoms with Crippen molar-refractivity contribution in [2.24, 2.45) is 0 Å². The second-order valence-corrected chi connectivity index (χ2v) is 3.28. The van der Waals surface area contributed by atoms with Crippen LogP contribution in [0.2, 0.25) is 10.4 Å². The largest absolute Gasteiger partial charge is 0.224 e. The predicted molar refractivity (Wildman–Crippen MR) is 49.4 cm³/mol. The maximum absolute atomic E-state index is 5.86. The summed E-state index contributed by atoms with van der Waals surface area (Å²) in [4.78, 5) is 7.95. The maximum Gasteiger partial charge on any atom is 0.224 e. The first-order valence-corrected chi connectivity index (χ1v) is 4.41. The molecule has 62 valence electrons. The van der Waals surface area contributed by atoms with Crippen molar-refractivity contribution in [3.8, 4) is 0 Å². The standard InChI is InChI=1S/C8H6Cl2N2/c9-7-5-3-1-2-4-6(5)11-8(10)12-7/h1,3H,2,4H2. The van der Waals surface area contributed by atoms with Crippen molar-refractivity contribution in [1.82, 2.24) is 9.97 Å². The van der Waals surface area contributed by atoms with Gasteiger partial charge in [0.2, 0.25) is 5.28 Å². The highest BCUT2D eigenvalue weighted by Gasteiger charge is 2.11. The number of allylic oxidation sites excluding steroid dienone is 1. The quantitative estimate of drug-likeness (QED) is 0.476. The molecular weight excluding hydrogens is 195 g/mol. The fourth-order valence-corrected chi connectivity index (χ4v) is 1.72. The lowest BCUT2D eigenvalue weighted by Gasteiger charge is -2.09. The summed E-state index contributed by atoms with van der Waals surface area (Å²) in [6.07, 6.45) is 5.90. The van der Waals surface area contributed by atoms with Gasteiger partial charge in [-0.2, -0.15) is 0 Å². The third-order valence-corrected chi connectivity index (χ3v) is 2.24. The molecule has 0 radical (unpaired) electrons. The van der Waals surface area contributed by atoms with Gasteiger partial charge in [0, 0.05) is 5.56 Å². The Kier molecular flexibility index (Phi) is 2.03. The minimum Gasteiger partial charge on any atom is -0.222 e. The molecule has 1 aliphatic carbocycles. The van der Waals surface area contributed by atoms with Gasteiger partial charge in [0.05, 0.1) is 5.69 Å². The van der Waals surface area contributed by atoms with Gasteiger partial charge in [-0.15, -0.1) is 0 Å². The summed E-state index contributed by atoms with van der Waals surface area (Å²) < 4.78 is 0. The van der Waals surface area contributed by atoms with Gasteiger partial charge >= 0.3 is 0 Å². The molecule has 0 atom stereocenters. The summed E-state index contributed by atoms with van der Waals surface area (Å²) in [7, 11) is 0. The molecule has 0 amide bonds.